The molecule has 0 N–H and O–H groups in total. The average molecular weight is 302 g/mol. The molecule has 0 radical (unpaired) electrons. The molecule has 0 amide bonds. The molecule has 4 heteroatoms. The molecule has 1 atom stereocenters. The molecule has 1 unspecified atom stereocenters. The number of nitrogens with zero attached hydrogens (tertiary/aromatic N) is 2. The summed E-state index contributed by atoms with van der Waals surface area (Å²) in [5.41, 5.74) is 2.52. The molecule has 0 spiro atoms. The van der Waals surface area contributed by atoms with Crippen LogP contribution in [0.4, 0.5) is 0 Å². The highest BCUT2D eigenvalue weighted by atomic mass is 32.2. The Morgan fingerprint density at radius 3 is 2.43 bits per heavy atom. The summed E-state index contributed by atoms with van der Waals surface area (Å²) < 4.78 is 16.4. The van der Waals surface area contributed by atoms with Crippen LogP contribution in [0.25, 0.3) is 0 Å². The van der Waals surface area contributed by atoms with Crippen LogP contribution in [0.2, 0.25) is 0 Å². The number of rotatable bonds is 5. The lowest BCUT2D eigenvalue weighted by molar-refractivity contribution is 0.650. The SMILES string of the molecule is CC(C)(C)S(=O)/N=C(\CCC1CC1)c1ccc(C#N)cc1. The standard InChI is InChI=1S/C17H22N2OS/c1-17(2,3)21(20)19-16(11-8-13-4-5-13)15-9-6-14(12-18)7-10-15/h6-7,9-10,13H,4-5,8,11H2,1-3H3/b19-16+. The maximum Gasteiger partial charge on any atom is 0.145 e. The fraction of sp³-hybridized carbons (Fsp3) is 0.529. The number of benzene rings is 1. The van der Waals surface area contributed by atoms with Crippen LogP contribution in [0.1, 0.15) is 57.6 Å². The number of hydrogen-bond donors (Lipinski definition) is 0. The molecule has 0 heterocycles. The molecule has 1 fully saturated rings. The van der Waals surface area contributed by atoms with E-state index in [9.17, 15) is 4.21 Å². The molecule has 1 aromatic carbocycles. The molecule has 1 saturated carbocycles. The van der Waals surface area contributed by atoms with Gasteiger partial charge in [-0.3, -0.25) is 0 Å². The van der Waals surface area contributed by atoms with Gasteiger partial charge < -0.3 is 0 Å². The zero-order chi connectivity index (χ0) is 15.5. The van der Waals surface area contributed by atoms with Crippen LogP contribution >= 0.6 is 0 Å². The summed E-state index contributed by atoms with van der Waals surface area (Å²) in [5.74, 6) is 0.816. The summed E-state index contributed by atoms with van der Waals surface area (Å²) in [6.45, 7) is 5.80. The number of hydrogen-bond acceptors (Lipinski definition) is 2. The largest absolute Gasteiger partial charge is 0.234 e. The Hall–Kier alpha value is -1.47. The van der Waals surface area contributed by atoms with Crippen molar-refractivity contribution >= 4 is 16.7 Å². The van der Waals surface area contributed by atoms with Crippen LogP contribution in [0.15, 0.2) is 28.7 Å². The summed E-state index contributed by atoms with van der Waals surface area (Å²) in [6, 6.07) is 9.52. The van der Waals surface area contributed by atoms with Crippen LogP contribution in [-0.2, 0) is 11.0 Å². The second-order valence-corrected chi connectivity index (χ2v) is 8.48. The maximum atomic E-state index is 12.3. The summed E-state index contributed by atoms with van der Waals surface area (Å²) in [4.78, 5) is 0. The minimum Gasteiger partial charge on any atom is -0.234 e. The quantitative estimate of drug-likeness (QED) is 0.772. The predicted molar refractivity (Wildman–Crippen MR) is 87.5 cm³/mol. The molecule has 1 aliphatic rings. The third-order valence-corrected chi connectivity index (χ3v) is 4.98. The molecule has 1 aliphatic carbocycles. The monoisotopic (exact) mass is 302 g/mol. The van der Waals surface area contributed by atoms with Gasteiger partial charge in [-0.2, -0.15) is 9.66 Å². The zero-order valence-electron chi connectivity index (χ0n) is 12.9. The lowest BCUT2D eigenvalue weighted by Crippen LogP contribution is -2.21. The summed E-state index contributed by atoms with van der Waals surface area (Å²) >= 11 is 0. The van der Waals surface area contributed by atoms with Gasteiger partial charge in [0.05, 0.1) is 22.1 Å². The second-order valence-electron chi connectivity index (χ2n) is 6.57. The molecule has 0 aliphatic heterocycles. The van der Waals surface area contributed by atoms with Gasteiger partial charge in [-0.15, -0.1) is 0 Å². The Kier molecular flexibility index (Phi) is 4.95. The van der Waals surface area contributed by atoms with Gasteiger partial charge in [-0.05, 0) is 57.2 Å². The van der Waals surface area contributed by atoms with Crippen molar-refractivity contribution in [2.75, 3.05) is 0 Å². The minimum atomic E-state index is -1.25. The first-order chi connectivity index (χ1) is 9.90. The molecule has 0 saturated heterocycles. The summed E-state index contributed by atoms with van der Waals surface area (Å²) in [5, 5.41) is 8.87. The lowest BCUT2D eigenvalue weighted by Gasteiger charge is -2.15. The molecule has 112 valence electrons. The smallest absolute Gasteiger partial charge is 0.145 e. The van der Waals surface area contributed by atoms with Gasteiger partial charge >= 0.3 is 0 Å². The van der Waals surface area contributed by atoms with Crippen molar-refractivity contribution in [2.45, 2.75) is 51.2 Å². The van der Waals surface area contributed by atoms with Crippen LogP contribution in [0.5, 0.6) is 0 Å². The van der Waals surface area contributed by atoms with E-state index >= 15 is 0 Å². The van der Waals surface area contributed by atoms with Crippen molar-refractivity contribution in [3.05, 3.63) is 35.4 Å². The zero-order valence-corrected chi connectivity index (χ0v) is 13.7. The van der Waals surface area contributed by atoms with E-state index in [1.807, 2.05) is 32.9 Å². The van der Waals surface area contributed by atoms with Gasteiger partial charge in [0.1, 0.15) is 11.0 Å². The molecular formula is C17H22N2OS. The first kappa shape index (κ1) is 15.9. The van der Waals surface area contributed by atoms with Crippen molar-refractivity contribution in [2.24, 2.45) is 10.3 Å². The topological polar surface area (TPSA) is 53.2 Å². The van der Waals surface area contributed by atoms with Gasteiger partial charge in [0.25, 0.3) is 0 Å². The molecular weight excluding hydrogens is 280 g/mol. The third kappa shape index (κ3) is 4.78. The molecule has 1 aromatic rings. The molecule has 0 aromatic heterocycles. The highest BCUT2D eigenvalue weighted by Crippen LogP contribution is 2.34. The van der Waals surface area contributed by atoms with Crippen molar-refractivity contribution in [3.63, 3.8) is 0 Å². The highest BCUT2D eigenvalue weighted by molar-refractivity contribution is 7.85. The minimum absolute atomic E-state index is 0.350. The Bertz CT molecular complexity index is 587. The van der Waals surface area contributed by atoms with Crippen molar-refractivity contribution in [1.82, 2.24) is 0 Å². The van der Waals surface area contributed by atoms with Crippen molar-refractivity contribution in [1.29, 1.82) is 5.26 Å². The van der Waals surface area contributed by atoms with Crippen LogP contribution < -0.4 is 0 Å². The summed E-state index contributed by atoms with van der Waals surface area (Å²) in [7, 11) is -1.25. The first-order valence-corrected chi connectivity index (χ1v) is 8.51. The maximum absolute atomic E-state index is 12.3. The van der Waals surface area contributed by atoms with E-state index in [-0.39, 0.29) is 4.75 Å². The molecule has 21 heavy (non-hydrogen) atoms. The highest BCUT2D eigenvalue weighted by Gasteiger charge is 2.23. The van der Waals surface area contributed by atoms with Crippen LogP contribution in [0.3, 0.4) is 0 Å². The van der Waals surface area contributed by atoms with E-state index in [0.29, 0.717) is 5.56 Å². The van der Waals surface area contributed by atoms with E-state index in [0.717, 1.165) is 30.0 Å². The van der Waals surface area contributed by atoms with E-state index < -0.39 is 11.0 Å². The molecule has 0 bridgehead atoms. The van der Waals surface area contributed by atoms with E-state index in [1.165, 1.54) is 12.8 Å². The van der Waals surface area contributed by atoms with E-state index in [4.69, 9.17) is 5.26 Å². The third-order valence-electron chi connectivity index (χ3n) is 3.55. The van der Waals surface area contributed by atoms with E-state index in [2.05, 4.69) is 10.5 Å². The fourth-order valence-corrected chi connectivity index (χ4v) is 2.63. The Labute approximate surface area is 129 Å². The van der Waals surface area contributed by atoms with Gasteiger partial charge in [0, 0.05) is 0 Å². The Balaban J connectivity index is 2.23. The van der Waals surface area contributed by atoms with Gasteiger partial charge in [-0.25, -0.2) is 4.21 Å². The Morgan fingerprint density at radius 1 is 1.33 bits per heavy atom. The fourth-order valence-electron chi connectivity index (χ4n) is 1.96. The van der Waals surface area contributed by atoms with Crippen molar-refractivity contribution < 1.29 is 4.21 Å². The summed E-state index contributed by atoms with van der Waals surface area (Å²) in [6.07, 6.45) is 4.59. The first-order valence-electron chi connectivity index (χ1n) is 7.40. The normalized spacial score (nSPS) is 17.3. The predicted octanol–water partition coefficient (Wildman–Crippen LogP) is 4.00. The Morgan fingerprint density at radius 2 is 1.95 bits per heavy atom. The number of nitriles is 1. The van der Waals surface area contributed by atoms with Crippen molar-refractivity contribution in [3.8, 4) is 6.07 Å². The van der Waals surface area contributed by atoms with E-state index in [1.54, 1.807) is 12.1 Å². The lowest BCUT2D eigenvalue weighted by atomic mass is 10.0. The second kappa shape index (κ2) is 6.53. The molecule has 3 nitrogen and oxygen atoms in total. The average Bonchev–Trinajstić information content (AvgIpc) is 3.26. The van der Waals surface area contributed by atoms with Gasteiger partial charge in [0.2, 0.25) is 0 Å². The van der Waals surface area contributed by atoms with Gasteiger partial charge in [0.15, 0.2) is 0 Å². The van der Waals surface area contributed by atoms with Gasteiger partial charge in [-0.1, -0.05) is 25.0 Å². The van der Waals surface area contributed by atoms with Crippen LogP contribution in [0, 0.1) is 17.2 Å². The molecule has 2 rings (SSSR count). The van der Waals surface area contributed by atoms with Crippen LogP contribution in [-0.4, -0.2) is 14.7 Å².